The van der Waals surface area contributed by atoms with E-state index in [-0.39, 0.29) is 30.5 Å². The van der Waals surface area contributed by atoms with Gasteiger partial charge in [0.1, 0.15) is 10.7 Å². The highest BCUT2D eigenvalue weighted by molar-refractivity contribution is 7.87. The topological polar surface area (TPSA) is 86.0 Å². The van der Waals surface area contributed by atoms with Crippen LogP contribution in [0.4, 0.5) is 13.2 Å². The Kier molecular flexibility index (Phi) is 8.11. The Labute approximate surface area is 201 Å². The molecule has 0 fully saturated rings. The van der Waals surface area contributed by atoms with E-state index >= 15 is 0 Å². The number of rotatable bonds is 10. The predicted molar refractivity (Wildman–Crippen MR) is 120 cm³/mol. The van der Waals surface area contributed by atoms with Gasteiger partial charge in [0.15, 0.2) is 11.5 Å². The minimum atomic E-state index is -4.72. The summed E-state index contributed by atoms with van der Waals surface area (Å²) in [5, 5.41) is 0. The van der Waals surface area contributed by atoms with Crippen LogP contribution in [0.2, 0.25) is 0 Å². The molecular formula is C24H24F3NO6S. The first kappa shape index (κ1) is 26.1. The molecule has 1 heterocycles. The molecule has 0 bridgehead atoms. The van der Waals surface area contributed by atoms with Gasteiger partial charge in [-0.2, -0.15) is 21.6 Å². The van der Waals surface area contributed by atoms with Gasteiger partial charge < -0.3 is 18.2 Å². The van der Waals surface area contributed by atoms with E-state index in [1.165, 1.54) is 25.5 Å². The number of alkyl halides is 3. The molecule has 2 aromatic carbocycles. The lowest BCUT2D eigenvalue weighted by Gasteiger charge is -2.22. The highest BCUT2D eigenvalue weighted by Crippen LogP contribution is 2.34. The molecule has 7 nitrogen and oxygen atoms in total. The third-order valence-electron chi connectivity index (χ3n) is 4.99. The molecule has 188 valence electrons. The first-order valence-electron chi connectivity index (χ1n) is 10.6. The summed E-state index contributed by atoms with van der Waals surface area (Å²) in [5.41, 5.74) is -0.595. The van der Waals surface area contributed by atoms with Crippen molar-refractivity contribution in [2.75, 3.05) is 7.11 Å². The molecule has 0 aliphatic carbocycles. The maximum atomic E-state index is 13.0. The van der Waals surface area contributed by atoms with Crippen LogP contribution in [-0.2, 0) is 34.2 Å². The van der Waals surface area contributed by atoms with Crippen molar-refractivity contribution in [2.24, 2.45) is 0 Å². The van der Waals surface area contributed by atoms with E-state index in [9.17, 15) is 26.4 Å². The Morgan fingerprint density at radius 3 is 2.43 bits per heavy atom. The van der Waals surface area contributed by atoms with Crippen LogP contribution in [0.3, 0.4) is 0 Å². The van der Waals surface area contributed by atoms with Crippen molar-refractivity contribution in [3.8, 4) is 11.5 Å². The molecule has 0 spiro atoms. The van der Waals surface area contributed by atoms with Crippen molar-refractivity contribution < 1.29 is 39.7 Å². The fourth-order valence-corrected chi connectivity index (χ4v) is 4.27. The van der Waals surface area contributed by atoms with Crippen molar-refractivity contribution in [1.29, 1.82) is 0 Å². The normalized spacial score (nSPS) is 11.8. The number of furan rings is 1. The molecule has 0 aliphatic heterocycles. The molecule has 3 rings (SSSR count). The lowest BCUT2D eigenvalue weighted by molar-refractivity contribution is -0.137. The fraction of sp³-hybridized carbons (Fsp3) is 0.292. The van der Waals surface area contributed by atoms with Crippen molar-refractivity contribution in [3.63, 3.8) is 0 Å². The lowest BCUT2D eigenvalue weighted by atomic mass is 10.1. The van der Waals surface area contributed by atoms with Crippen molar-refractivity contribution >= 4 is 16.0 Å². The quantitative estimate of drug-likeness (QED) is 0.339. The van der Waals surface area contributed by atoms with Gasteiger partial charge in [-0.25, -0.2) is 0 Å². The minimum absolute atomic E-state index is 0.0572. The Morgan fingerprint density at radius 1 is 1.03 bits per heavy atom. The number of ether oxygens (including phenoxy) is 1. The van der Waals surface area contributed by atoms with Crippen LogP contribution in [0.25, 0.3) is 0 Å². The average molecular weight is 512 g/mol. The molecule has 0 saturated heterocycles. The van der Waals surface area contributed by atoms with Gasteiger partial charge in [-0.3, -0.25) is 4.79 Å². The fourth-order valence-electron chi connectivity index (χ4n) is 3.29. The van der Waals surface area contributed by atoms with Gasteiger partial charge in [0.05, 0.1) is 25.5 Å². The molecular weight excluding hydrogens is 487 g/mol. The van der Waals surface area contributed by atoms with Gasteiger partial charge in [0, 0.05) is 13.0 Å². The van der Waals surface area contributed by atoms with Crippen molar-refractivity contribution in [2.45, 2.75) is 43.9 Å². The number of hydrogen-bond acceptors (Lipinski definition) is 6. The molecule has 1 aromatic heterocycles. The van der Waals surface area contributed by atoms with Gasteiger partial charge in [-0.15, -0.1) is 0 Å². The Hall–Kier alpha value is -3.47. The highest BCUT2D eigenvalue weighted by Gasteiger charge is 2.32. The Balaban J connectivity index is 1.89. The zero-order chi connectivity index (χ0) is 25.6. The minimum Gasteiger partial charge on any atom is -0.493 e. The van der Waals surface area contributed by atoms with Gasteiger partial charge in [-0.1, -0.05) is 19.1 Å². The van der Waals surface area contributed by atoms with Gasteiger partial charge in [0.2, 0.25) is 5.91 Å². The van der Waals surface area contributed by atoms with Crippen LogP contribution >= 0.6 is 0 Å². The summed E-state index contributed by atoms with van der Waals surface area (Å²) >= 11 is 0. The summed E-state index contributed by atoms with van der Waals surface area (Å²) in [5.74, 6) is 0.287. The number of nitrogens with zero attached hydrogens (tertiary/aromatic N) is 1. The van der Waals surface area contributed by atoms with Crippen LogP contribution in [0.15, 0.2) is 70.2 Å². The molecule has 11 heteroatoms. The summed E-state index contributed by atoms with van der Waals surface area (Å²) in [4.78, 5) is 13.5. The molecule has 3 aromatic rings. The van der Waals surface area contributed by atoms with E-state index in [1.807, 2.05) is 6.92 Å². The van der Waals surface area contributed by atoms with E-state index < -0.39 is 26.8 Å². The number of carbonyl (C=O) groups excluding carboxylic acids is 1. The van der Waals surface area contributed by atoms with E-state index in [2.05, 4.69) is 0 Å². The third kappa shape index (κ3) is 6.78. The van der Waals surface area contributed by atoms with E-state index in [4.69, 9.17) is 13.3 Å². The van der Waals surface area contributed by atoms with Gasteiger partial charge in [0.25, 0.3) is 0 Å². The second kappa shape index (κ2) is 10.9. The first-order chi connectivity index (χ1) is 16.5. The molecule has 0 unspecified atom stereocenters. The lowest BCUT2D eigenvalue weighted by Crippen LogP contribution is -2.29. The highest BCUT2D eigenvalue weighted by atomic mass is 32.2. The van der Waals surface area contributed by atoms with Crippen LogP contribution in [0, 0.1) is 0 Å². The van der Waals surface area contributed by atoms with E-state index in [0.717, 1.165) is 18.2 Å². The van der Waals surface area contributed by atoms with E-state index in [0.29, 0.717) is 30.2 Å². The zero-order valence-corrected chi connectivity index (χ0v) is 19.9. The predicted octanol–water partition coefficient (Wildman–Crippen LogP) is 5.40. The summed E-state index contributed by atoms with van der Waals surface area (Å²) in [6, 6.07) is 11.2. The summed E-state index contributed by atoms with van der Waals surface area (Å²) in [6.45, 7) is 2.20. The molecule has 0 N–H and O–H groups in total. The van der Waals surface area contributed by atoms with Crippen molar-refractivity contribution in [3.05, 3.63) is 77.7 Å². The summed E-state index contributed by atoms with van der Waals surface area (Å²) in [6.07, 6.45) is -2.27. The Morgan fingerprint density at radius 2 is 1.80 bits per heavy atom. The van der Waals surface area contributed by atoms with Gasteiger partial charge >= 0.3 is 16.3 Å². The largest absolute Gasteiger partial charge is 0.493 e. The van der Waals surface area contributed by atoms with E-state index in [1.54, 1.807) is 23.1 Å². The second-order valence-corrected chi connectivity index (χ2v) is 9.17. The molecule has 35 heavy (non-hydrogen) atoms. The number of amides is 1. The number of hydrogen-bond donors (Lipinski definition) is 0. The summed E-state index contributed by atoms with van der Waals surface area (Å²) in [7, 11) is -3.32. The first-order valence-corrected chi connectivity index (χ1v) is 12.0. The maximum absolute atomic E-state index is 13.0. The Bertz CT molecular complexity index is 1260. The molecule has 0 aliphatic rings. The molecule has 1 amide bonds. The van der Waals surface area contributed by atoms with Gasteiger partial charge in [-0.05, 0) is 54.4 Å². The van der Waals surface area contributed by atoms with Crippen LogP contribution in [0.5, 0.6) is 11.5 Å². The smallest absolute Gasteiger partial charge is 0.416 e. The number of methoxy groups -OCH3 is 1. The average Bonchev–Trinajstić information content (AvgIpc) is 3.31. The zero-order valence-electron chi connectivity index (χ0n) is 19.0. The number of benzene rings is 2. The van der Waals surface area contributed by atoms with Crippen molar-refractivity contribution in [1.82, 2.24) is 4.90 Å². The standard InChI is InChI=1S/C24H24F3NO6S/c1-3-6-23(29)28(16-19-8-5-12-33-19)15-17-10-11-21(32-2)22(13-17)34-35(30,31)20-9-4-7-18(14-20)24(25,26)27/h4-5,7-14H,3,6,15-16H2,1-2H3. The SMILES string of the molecule is CCCC(=O)N(Cc1ccc(OC)c(OS(=O)(=O)c2cccc(C(F)(F)F)c2)c1)Cc1ccco1. The van der Waals surface area contributed by atoms with Crippen LogP contribution in [-0.4, -0.2) is 26.3 Å². The third-order valence-corrected chi connectivity index (χ3v) is 6.22. The number of carbonyl (C=O) groups is 1. The molecule has 0 radical (unpaired) electrons. The number of halogens is 3. The molecule has 0 saturated carbocycles. The van der Waals surface area contributed by atoms with Crippen LogP contribution < -0.4 is 8.92 Å². The summed E-state index contributed by atoms with van der Waals surface area (Å²) < 4.78 is 80.3. The maximum Gasteiger partial charge on any atom is 0.416 e. The van der Waals surface area contributed by atoms with Crippen LogP contribution in [0.1, 0.15) is 36.7 Å². The molecule has 0 atom stereocenters. The monoisotopic (exact) mass is 511 g/mol. The second-order valence-electron chi connectivity index (χ2n) is 7.63.